The summed E-state index contributed by atoms with van der Waals surface area (Å²) < 4.78 is 0. The topological polar surface area (TPSA) is 76.5 Å². The number of benzene rings is 2. The maximum Gasteiger partial charge on any atom is 0.122 e. The van der Waals surface area contributed by atoms with Crippen LogP contribution < -0.4 is 0 Å². The molecule has 3 rings (SSSR count). The van der Waals surface area contributed by atoms with Crippen molar-refractivity contribution in [3.8, 4) is 17.2 Å². The first-order valence-corrected chi connectivity index (χ1v) is 8.26. The summed E-state index contributed by atoms with van der Waals surface area (Å²) in [6, 6.07) is 9.99. The molecule has 0 spiro atoms. The molecule has 0 atom stereocenters. The van der Waals surface area contributed by atoms with E-state index in [0.717, 1.165) is 40.6 Å². The third kappa shape index (κ3) is 3.51. The molecular weight excluding hydrogens is 322 g/mol. The van der Waals surface area contributed by atoms with E-state index in [1.165, 1.54) is 0 Å². The molecule has 0 aliphatic carbocycles. The fourth-order valence-electron chi connectivity index (χ4n) is 2.88. The number of H-pyrrole nitrogens is 1. The van der Waals surface area contributed by atoms with Crippen molar-refractivity contribution in [3.63, 3.8) is 0 Å². The van der Waals surface area contributed by atoms with Crippen molar-refractivity contribution >= 4 is 28.0 Å². The second-order valence-electron chi connectivity index (χ2n) is 5.89. The van der Waals surface area contributed by atoms with Gasteiger partial charge in [0.25, 0.3) is 0 Å². The monoisotopic (exact) mass is 341 g/mol. The second kappa shape index (κ2) is 6.93. The van der Waals surface area contributed by atoms with Gasteiger partial charge in [0.2, 0.25) is 0 Å². The summed E-state index contributed by atoms with van der Waals surface area (Å²) in [5, 5.41) is 30.3. The van der Waals surface area contributed by atoms with Crippen molar-refractivity contribution in [2.24, 2.45) is 0 Å². The van der Waals surface area contributed by atoms with Gasteiger partial charge in [-0.1, -0.05) is 18.3 Å². The van der Waals surface area contributed by atoms with Crippen molar-refractivity contribution in [2.45, 2.75) is 25.7 Å². The number of aryl methyl sites for hydroxylation is 1. The van der Waals surface area contributed by atoms with Crippen LogP contribution in [0.2, 0.25) is 0 Å². The maximum atomic E-state index is 9.81. The molecule has 4 N–H and O–H groups in total. The number of rotatable bonds is 6. The number of aromatic hydroxyl groups is 3. The smallest absolute Gasteiger partial charge is 0.122 e. The first-order valence-electron chi connectivity index (χ1n) is 7.85. The van der Waals surface area contributed by atoms with E-state index in [1.54, 1.807) is 30.3 Å². The third-order valence-corrected chi connectivity index (χ3v) is 4.50. The number of phenols is 3. The highest BCUT2D eigenvalue weighted by Crippen LogP contribution is 2.28. The number of fused-ring (bicyclic) bond motifs is 1. The molecule has 0 bridgehead atoms. The molecule has 0 radical (unpaired) electrons. The van der Waals surface area contributed by atoms with E-state index >= 15 is 0 Å². The highest BCUT2D eigenvalue weighted by atomic mass is 32.1. The molecule has 0 fully saturated rings. The predicted octanol–water partition coefficient (Wildman–Crippen LogP) is 4.22. The van der Waals surface area contributed by atoms with Crippen LogP contribution in [-0.4, -0.2) is 25.2 Å². The van der Waals surface area contributed by atoms with Gasteiger partial charge in [-0.3, -0.25) is 0 Å². The molecule has 0 aliphatic heterocycles. The SMILES string of the molecule is Oc1ccc2[nH]cc(CCCC(=S)Cc3c(O)cccc3O)c2c1. The Morgan fingerprint density at radius 3 is 2.54 bits per heavy atom. The molecule has 1 heterocycles. The zero-order chi connectivity index (χ0) is 17.1. The molecule has 0 aliphatic rings. The fourth-order valence-corrected chi connectivity index (χ4v) is 3.17. The Morgan fingerprint density at radius 2 is 1.79 bits per heavy atom. The zero-order valence-corrected chi connectivity index (χ0v) is 13.9. The molecule has 3 aromatic rings. The van der Waals surface area contributed by atoms with Gasteiger partial charge in [0, 0.05) is 29.1 Å². The van der Waals surface area contributed by atoms with Gasteiger partial charge < -0.3 is 20.3 Å². The Kier molecular flexibility index (Phi) is 4.71. The number of hydrogen-bond acceptors (Lipinski definition) is 4. The van der Waals surface area contributed by atoms with Crippen LogP contribution in [0.3, 0.4) is 0 Å². The van der Waals surface area contributed by atoms with Crippen LogP contribution in [0.15, 0.2) is 42.6 Å². The minimum atomic E-state index is 0.0736. The molecule has 0 saturated carbocycles. The molecule has 5 heteroatoms. The summed E-state index contributed by atoms with van der Waals surface area (Å²) in [5.74, 6) is 0.405. The number of hydrogen-bond donors (Lipinski definition) is 4. The van der Waals surface area contributed by atoms with Gasteiger partial charge >= 0.3 is 0 Å². The minimum Gasteiger partial charge on any atom is -0.508 e. The fraction of sp³-hybridized carbons (Fsp3) is 0.211. The second-order valence-corrected chi connectivity index (χ2v) is 6.46. The standard InChI is InChI=1S/C19H19NO3S/c21-13-7-8-17-15(9-13)12(11-20-17)3-1-4-14(24)10-16-18(22)5-2-6-19(16)23/h2,5-9,11,20-23H,1,3-4,10H2. The largest absolute Gasteiger partial charge is 0.508 e. The van der Waals surface area contributed by atoms with E-state index in [-0.39, 0.29) is 17.2 Å². The number of aromatic nitrogens is 1. The molecule has 4 nitrogen and oxygen atoms in total. The molecule has 2 aromatic carbocycles. The Balaban J connectivity index is 1.59. The summed E-state index contributed by atoms with van der Waals surface area (Å²) >= 11 is 5.40. The van der Waals surface area contributed by atoms with Crippen molar-refractivity contribution in [1.29, 1.82) is 0 Å². The van der Waals surface area contributed by atoms with E-state index in [1.807, 2.05) is 12.3 Å². The van der Waals surface area contributed by atoms with E-state index in [0.29, 0.717) is 12.0 Å². The lowest BCUT2D eigenvalue weighted by Crippen LogP contribution is -2.01. The summed E-state index contributed by atoms with van der Waals surface area (Å²) in [4.78, 5) is 4.00. The van der Waals surface area contributed by atoms with Crippen LogP contribution in [0.5, 0.6) is 17.2 Å². The summed E-state index contributed by atoms with van der Waals surface area (Å²) in [7, 11) is 0. The van der Waals surface area contributed by atoms with Crippen LogP contribution in [-0.2, 0) is 12.8 Å². The summed E-state index contributed by atoms with van der Waals surface area (Å²) in [5.41, 5.74) is 2.64. The van der Waals surface area contributed by atoms with Gasteiger partial charge in [-0.25, -0.2) is 0 Å². The van der Waals surface area contributed by atoms with Crippen molar-refractivity contribution in [1.82, 2.24) is 4.98 Å². The van der Waals surface area contributed by atoms with Crippen LogP contribution >= 0.6 is 12.2 Å². The van der Waals surface area contributed by atoms with Crippen LogP contribution in [0.1, 0.15) is 24.0 Å². The van der Waals surface area contributed by atoms with Gasteiger partial charge in [0.15, 0.2) is 0 Å². The highest BCUT2D eigenvalue weighted by molar-refractivity contribution is 7.80. The van der Waals surface area contributed by atoms with Gasteiger partial charge in [-0.2, -0.15) is 0 Å². The van der Waals surface area contributed by atoms with Gasteiger partial charge in [0.05, 0.1) is 0 Å². The predicted molar refractivity (Wildman–Crippen MR) is 99.0 cm³/mol. The van der Waals surface area contributed by atoms with Gasteiger partial charge in [-0.05, 0) is 60.0 Å². The van der Waals surface area contributed by atoms with Gasteiger partial charge in [0.1, 0.15) is 17.2 Å². The van der Waals surface area contributed by atoms with Crippen molar-refractivity contribution in [3.05, 3.63) is 53.7 Å². The molecular formula is C19H19NO3S. The lowest BCUT2D eigenvalue weighted by atomic mass is 10.0. The average molecular weight is 341 g/mol. The number of phenolic OH excluding ortho intramolecular Hbond substituents is 3. The number of aromatic amines is 1. The van der Waals surface area contributed by atoms with E-state index in [4.69, 9.17) is 12.2 Å². The Labute approximate surface area is 145 Å². The zero-order valence-electron chi connectivity index (χ0n) is 13.1. The highest BCUT2D eigenvalue weighted by Gasteiger charge is 2.10. The van der Waals surface area contributed by atoms with Crippen molar-refractivity contribution in [2.75, 3.05) is 0 Å². The summed E-state index contributed by atoms with van der Waals surface area (Å²) in [6.07, 6.45) is 4.80. The van der Waals surface area contributed by atoms with E-state index in [2.05, 4.69) is 4.98 Å². The molecule has 0 amide bonds. The van der Waals surface area contributed by atoms with E-state index in [9.17, 15) is 15.3 Å². The molecule has 24 heavy (non-hydrogen) atoms. The third-order valence-electron chi connectivity index (χ3n) is 4.15. The Bertz CT molecular complexity index is 865. The first-order chi connectivity index (χ1) is 11.5. The van der Waals surface area contributed by atoms with Gasteiger partial charge in [-0.15, -0.1) is 0 Å². The lowest BCUT2D eigenvalue weighted by molar-refractivity contribution is 0.441. The summed E-state index contributed by atoms with van der Waals surface area (Å²) in [6.45, 7) is 0. The number of thiocarbonyl (C=S) groups is 1. The Hall–Kier alpha value is -2.53. The molecule has 1 aromatic heterocycles. The quantitative estimate of drug-likeness (QED) is 0.506. The average Bonchev–Trinajstić information content (AvgIpc) is 2.93. The first kappa shape index (κ1) is 16.3. The van der Waals surface area contributed by atoms with Crippen LogP contribution in [0.4, 0.5) is 0 Å². The normalized spacial score (nSPS) is 11.0. The van der Waals surface area contributed by atoms with E-state index < -0.39 is 0 Å². The van der Waals surface area contributed by atoms with Crippen molar-refractivity contribution < 1.29 is 15.3 Å². The minimum absolute atomic E-state index is 0.0736. The number of nitrogens with one attached hydrogen (secondary N) is 1. The molecule has 124 valence electrons. The maximum absolute atomic E-state index is 9.81. The Morgan fingerprint density at radius 1 is 1.04 bits per heavy atom. The molecule has 0 unspecified atom stereocenters. The lowest BCUT2D eigenvalue weighted by Gasteiger charge is -2.08. The van der Waals surface area contributed by atoms with Crippen LogP contribution in [0, 0.1) is 0 Å². The molecule has 0 saturated heterocycles. The van der Waals surface area contributed by atoms with Crippen LogP contribution in [0.25, 0.3) is 10.9 Å².